The predicted octanol–water partition coefficient (Wildman–Crippen LogP) is 2.07. The Labute approximate surface area is 111 Å². The van der Waals surface area contributed by atoms with E-state index < -0.39 is 6.10 Å². The third-order valence-corrected chi connectivity index (χ3v) is 4.00. The lowest BCUT2D eigenvalue weighted by atomic mass is 9.98. The molecular formula is C12H21BrN2O2. The molecule has 0 radical (unpaired) electrons. The van der Waals surface area contributed by atoms with Crippen molar-refractivity contribution < 1.29 is 9.84 Å². The topological polar surface area (TPSA) is 47.3 Å². The summed E-state index contributed by atoms with van der Waals surface area (Å²) < 4.78 is 8.11. The van der Waals surface area contributed by atoms with Crippen LogP contribution >= 0.6 is 15.9 Å². The summed E-state index contributed by atoms with van der Waals surface area (Å²) in [5, 5.41) is 14.5. The van der Waals surface area contributed by atoms with Crippen LogP contribution in [0.5, 0.6) is 0 Å². The number of aliphatic hydroxyl groups excluding tert-OH is 1. The number of aromatic nitrogens is 2. The quantitative estimate of drug-likeness (QED) is 0.906. The second-order valence-electron chi connectivity index (χ2n) is 4.69. The molecule has 17 heavy (non-hydrogen) atoms. The van der Waals surface area contributed by atoms with E-state index in [0.29, 0.717) is 6.42 Å². The van der Waals surface area contributed by atoms with Crippen molar-refractivity contribution in [2.45, 2.75) is 39.4 Å². The fourth-order valence-electron chi connectivity index (χ4n) is 2.09. The molecule has 1 rings (SSSR count). The van der Waals surface area contributed by atoms with Crippen molar-refractivity contribution in [3.63, 3.8) is 0 Å². The van der Waals surface area contributed by atoms with Crippen molar-refractivity contribution in [3.8, 4) is 0 Å². The van der Waals surface area contributed by atoms with Gasteiger partial charge in [-0.25, -0.2) is 0 Å². The van der Waals surface area contributed by atoms with Crippen molar-refractivity contribution in [2.24, 2.45) is 13.0 Å². The lowest BCUT2D eigenvalue weighted by Crippen LogP contribution is -2.35. The summed E-state index contributed by atoms with van der Waals surface area (Å²) in [6, 6.07) is 0. The molecule has 0 aliphatic carbocycles. The van der Waals surface area contributed by atoms with Crippen LogP contribution in [0, 0.1) is 12.8 Å². The smallest absolute Gasteiger partial charge is 0.0859 e. The Morgan fingerprint density at radius 2 is 2.06 bits per heavy atom. The van der Waals surface area contributed by atoms with Gasteiger partial charge in [-0.15, -0.1) is 0 Å². The zero-order valence-corrected chi connectivity index (χ0v) is 12.7. The van der Waals surface area contributed by atoms with Crippen LogP contribution in [0.25, 0.3) is 0 Å². The van der Waals surface area contributed by atoms with E-state index in [9.17, 15) is 5.11 Å². The highest BCUT2D eigenvalue weighted by atomic mass is 79.9. The van der Waals surface area contributed by atoms with Gasteiger partial charge in [-0.05, 0) is 28.8 Å². The maximum atomic E-state index is 10.2. The van der Waals surface area contributed by atoms with Crippen molar-refractivity contribution in [1.82, 2.24) is 9.78 Å². The van der Waals surface area contributed by atoms with E-state index in [1.165, 1.54) is 0 Å². The minimum absolute atomic E-state index is 0.155. The van der Waals surface area contributed by atoms with Gasteiger partial charge in [0.1, 0.15) is 0 Å². The molecule has 5 heteroatoms. The van der Waals surface area contributed by atoms with Gasteiger partial charge in [0.25, 0.3) is 0 Å². The molecule has 98 valence electrons. The van der Waals surface area contributed by atoms with Crippen LogP contribution in [0.15, 0.2) is 4.47 Å². The van der Waals surface area contributed by atoms with Crippen LogP contribution in [-0.4, -0.2) is 34.2 Å². The second kappa shape index (κ2) is 5.98. The maximum absolute atomic E-state index is 10.2. The van der Waals surface area contributed by atoms with Crippen LogP contribution in [0.2, 0.25) is 0 Å². The molecule has 1 aromatic heterocycles. The number of aliphatic hydroxyl groups is 1. The Balaban J connectivity index is 2.83. The van der Waals surface area contributed by atoms with E-state index in [0.717, 1.165) is 15.9 Å². The van der Waals surface area contributed by atoms with Gasteiger partial charge in [-0.3, -0.25) is 4.68 Å². The molecule has 2 atom stereocenters. The lowest BCUT2D eigenvalue weighted by Gasteiger charge is -2.25. The average Bonchev–Trinajstić information content (AvgIpc) is 2.45. The highest BCUT2D eigenvalue weighted by Gasteiger charge is 2.25. The number of rotatable bonds is 5. The summed E-state index contributed by atoms with van der Waals surface area (Å²) in [5.41, 5.74) is 1.94. The third-order valence-electron chi connectivity index (χ3n) is 2.97. The Hall–Kier alpha value is -0.390. The molecule has 1 aromatic rings. The molecule has 0 saturated carbocycles. The van der Waals surface area contributed by atoms with Gasteiger partial charge in [0.2, 0.25) is 0 Å². The van der Waals surface area contributed by atoms with E-state index in [2.05, 4.69) is 21.0 Å². The Kier molecular flexibility index (Phi) is 5.16. The first-order valence-corrected chi connectivity index (χ1v) is 6.56. The molecule has 0 aromatic carbocycles. The normalized spacial score (nSPS) is 15.3. The Morgan fingerprint density at radius 3 is 2.41 bits per heavy atom. The first-order valence-electron chi connectivity index (χ1n) is 5.77. The molecule has 0 aliphatic heterocycles. The summed E-state index contributed by atoms with van der Waals surface area (Å²) in [6.45, 7) is 6.03. The highest BCUT2D eigenvalue weighted by molar-refractivity contribution is 9.10. The standard InChI is InChI=1S/C12H21BrN2O2/c1-7(2)12(17-5)10(16)6-9-11(13)8(3)14-15(9)4/h7,10,12,16H,6H2,1-5H3. The van der Waals surface area contributed by atoms with Crippen molar-refractivity contribution in [1.29, 1.82) is 0 Å². The first kappa shape index (κ1) is 14.7. The van der Waals surface area contributed by atoms with Gasteiger partial charge < -0.3 is 9.84 Å². The summed E-state index contributed by atoms with van der Waals surface area (Å²) >= 11 is 3.50. The van der Waals surface area contributed by atoms with Gasteiger partial charge in [0.15, 0.2) is 0 Å². The van der Waals surface area contributed by atoms with Gasteiger partial charge >= 0.3 is 0 Å². The number of halogens is 1. The van der Waals surface area contributed by atoms with Gasteiger partial charge in [0.05, 0.1) is 28.1 Å². The molecule has 0 fully saturated rings. The first-order chi connectivity index (χ1) is 7.88. The van der Waals surface area contributed by atoms with Crippen molar-refractivity contribution in [3.05, 3.63) is 15.9 Å². The number of methoxy groups -OCH3 is 1. The summed E-state index contributed by atoms with van der Waals surface area (Å²) in [6.07, 6.45) is -0.141. The molecule has 0 spiro atoms. The second-order valence-corrected chi connectivity index (χ2v) is 5.48. The maximum Gasteiger partial charge on any atom is 0.0859 e. The minimum atomic E-state index is -0.522. The van der Waals surface area contributed by atoms with Gasteiger partial charge in [0, 0.05) is 20.6 Å². The largest absolute Gasteiger partial charge is 0.390 e. The summed E-state index contributed by atoms with van der Waals surface area (Å²) in [4.78, 5) is 0. The molecule has 4 nitrogen and oxygen atoms in total. The SMILES string of the molecule is COC(C(C)C)C(O)Cc1c(Br)c(C)nn1C. The van der Waals surface area contributed by atoms with Crippen molar-refractivity contribution >= 4 is 15.9 Å². The number of ether oxygens (including phenoxy) is 1. The van der Waals surface area contributed by atoms with Gasteiger partial charge in [-0.2, -0.15) is 5.10 Å². The van der Waals surface area contributed by atoms with E-state index >= 15 is 0 Å². The van der Waals surface area contributed by atoms with Crippen LogP contribution in [-0.2, 0) is 18.2 Å². The molecule has 0 bridgehead atoms. The van der Waals surface area contributed by atoms with E-state index in [1.807, 2.05) is 27.8 Å². The average molecular weight is 305 g/mol. The van der Waals surface area contributed by atoms with E-state index in [4.69, 9.17) is 4.74 Å². The van der Waals surface area contributed by atoms with Crippen LogP contribution in [0.3, 0.4) is 0 Å². The van der Waals surface area contributed by atoms with E-state index in [1.54, 1.807) is 11.8 Å². The molecular weight excluding hydrogens is 284 g/mol. The Morgan fingerprint density at radius 1 is 1.47 bits per heavy atom. The zero-order valence-electron chi connectivity index (χ0n) is 11.1. The molecule has 1 heterocycles. The third kappa shape index (κ3) is 3.30. The molecule has 1 N–H and O–H groups in total. The zero-order chi connectivity index (χ0) is 13.2. The molecule has 2 unspecified atom stereocenters. The highest BCUT2D eigenvalue weighted by Crippen LogP contribution is 2.23. The fraction of sp³-hybridized carbons (Fsp3) is 0.750. The van der Waals surface area contributed by atoms with Crippen LogP contribution in [0.1, 0.15) is 25.2 Å². The van der Waals surface area contributed by atoms with Crippen molar-refractivity contribution in [2.75, 3.05) is 7.11 Å². The van der Waals surface area contributed by atoms with Crippen LogP contribution in [0.4, 0.5) is 0 Å². The monoisotopic (exact) mass is 304 g/mol. The van der Waals surface area contributed by atoms with E-state index in [-0.39, 0.29) is 12.0 Å². The Bertz CT molecular complexity index is 377. The molecule has 0 aliphatic rings. The molecule has 0 amide bonds. The van der Waals surface area contributed by atoms with Gasteiger partial charge in [-0.1, -0.05) is 13.8 Å². The number of hydrogen-bond donors (Lipinski definition) is 1. The van der Waals surface area contributed by atoms with Crippen LogP contribution < -0.4 is 0 Å². The number of hydrogen-bond acceptors (Lipinski definition) is 3. The predicted molar refractivity (Wildman–Crippen MR) is 71.0 cm³/mol. The number of aryl methyl sites for hydroxylation is 2. The fourth-order valence-corrected chi connectivity index (χ4v) is 2.59. The minimum Gasteiger partial charge on any atom is -0.390 e. The molecule has 0 saturated heterocycles. The summed E-state index contributed by atoms with van der Waals surface area (Å²) in [5.74, 6) is 0.281. The summed E-state index contributed by atoms with van der Waals surface area (Å²) in [7, 11) is 3.52. The lowest BCUT2D eigenvalue weighted by molar-refractivity contribution is -0.0375. The number of nitrogens with zero attached hydrogens (tertiary/aromatic N) is 2.